The topological polar surface area (TPSA) is 151 Å². The van der Waals surface area contributed by atoms with Crippen molar-refractivity contribution in [3.63, 3.8) is 0 Å². The van der Waals surface area contributed by atoms with Crippen LogP contribution in [-0.2, 0) is 18.4 Å². The standard InChI is InChI=1S/C38H75N2O7P/c1-3-5-7-9-11-13-15-16-17-18-19-21-23-25-27-29-31-37(42)38(43)40-35(34-47-48(44,45)46-33-32-39)36(41)30-28-26-24-22-20-14-12-10-8-6-4-2/h16-17,28,30,35-37,41-42H,3-15,18-27,29,31-34,39H2,1-2H3,(H,40,43)(H,44,45)/b17-16-,30-28+/t35-,36+,37?/m0/s1. The number of carbonyl (C=O) groups excluding carboxylic acids is 1. The Bertz CT molecular complexity index is 827. The highest BCUT2D eigenvalue weighted by Gasteiger charge is 2.28. The van der Waals surface area contributed by atoms with E-state index in [1.807, 2.05) is 6.08 Å². The molecule has 6 N–H and O–H groups in total. The van der Waals surface area contributed by atoms with Crippen molar-refractivity contribution in [2.75, 3.05) is 19.8 Å². The Morgan fingerprint density at radius 3 is 1.60 bits per heavy atom. The summed E-state index contributed by atoms with van der Waals surface area (Å²) in [6.07, 6.45) is 34.3. The van der Waals surface area contributed by atoms with Crippen LogP contribution in [0.5, 0.6) is 0 Å². The van der Waals surface area contributed by atoms with E-state index in [0.29, 0.717) is 12.8 Å². The van der Waals surface area contributed by atoms with Gasteiger partial charge in [-0.05, 0) is 44.9 Å². The lowest BCUT2D eigenvalue weighted by Crippen LogP contribution is -2.49. The minimum absolute atomic E-state index is 0.0428. The van der Waals surface area contributed by atoms with Gasteiger partial charge in [0.2, 0.25) is 5.91 Å². The predicted octanol–water partition coefficient (Wildman–Crippen LogP) is 9.19. The first-order valence-electron chi connectivity index (χ1n) is 19.6. The van der Waals surface area contributed by atoms with Crippen molar-refractivity contribution in [2.24, 2.45) is 5.73 Å². The molecule has 0 aliphatic heterocycles. The maximum absolute atomic E-state index is 12.8. The van der Waals surface area contributed by atoms with Gasteiger partial charge in [0, 0.05) is 6.54 Å². The van der Waals surface area contributed by atoms with Crippen molar-refractivity contribution >= 4 is 13.7 Å². The molecule has 2 unspecified atom stereocenters. The number of unbranched alkanes of at least 4 members (excludes halogenated alkanes) is 21. The summed E-state index contributed by atoms with van der Waals surface area (Å²) in [6, 6.07) is -1.03. The molecule has 0 heterocycles. The molecule has 0 saturated carbocycles. The smallest absolute Gasteiger partial charge is 0.387 e. The van der Waals surface area contributed by atoms with Gasteiger partial charge >= 0.3 is 7.82 Å². The van der Waals surface area contributed by atoms with E-state index < -0.39 is 38.6 Å². The van der Waals surface area contributed by atoms with Gasteiger partial charge in [0.15, 0.2) is 0 Å². The highest BCUT2D eigenvalue weighted by atomic mass is 31.2. The van der Waals surface area contributed by atoms with Crippen molar-refractivity contribution in [1.29, 1.82) is 0 Å². The molecule has 0 aliphatic rings. The first-order valence-corrected chi connectivity index (χ1v) is 21.1. The van der Waals surface area contributed by atoms with Crippen molar-refractivity contribution in [3.8, 4) is 0 Å². The third kappa shape index (κ3) is 31.0. The number of hydrogen-bond acceptors (Lipinski definition) is 7. The Kier molecular flexibility index (Phi) is 33.6. The predicted molar refractivity (Wildman–Crippen MR) is 200 cm³/mol. The molecular formula is C38H75N2O7P. The monoisotopic (exact) mass is 703 g/mol. The van der Waals surface area contributed by atoms with E-state index in [0.717, 1.165) is 44.9 Å². The number of amides is 1. The van der Waals surface area contributed by atoms with Crippen LogP contribution in [0.3, 0.4) is 0 Å². The van der Waals surface area contributed by atoms with Crippen LogP contribution in [0.25, 0.3) is 0 Å². The summed E-state index contributed by atoms with van der Waals surface area (Å²) in [6.45, 7) is 3.89. The molecule has 0 aromatic heterocycles. The second kappa shape index (κ2) is 34.4. The molecule has 0 aromatic carbocycles. The van der Waals surface area contributed by atoms with Crippen LogP contribution in [0.2, 0.25) is 0 Å². The van der Waals surface area contributed by atoms with E-state index in [4.69, 9.17) is 14.8 Å². The van der Waals surface area contributed by atoms with Gasteiger partial charge in [-0.3, -0.25) is 13.8 Å². The summed E-state index contributed by atoms with van der Waals surface area (Å²) in [5.74, 6) is -0.640. The van der Waals surface area contributed by atoms with E-state index in [9.17, 15) is 24.5 Å². The Hall–Kier alpha value is -1.06. The van der Waals surface area contributed by atoms with Crippen molar-refractivity contribution in [3.05, 3.63) is 24.3 Å². The number of aliphatic hydroxyl groups excluding tert-OH is 2. The average molecular weight is 703 g/mol. The van der Waals surface area contributed by atoms with Gasteiger partial charge in [-0.1, -0.05) is 154 Å². The largest absolute Gasteiger partial charge is 0.472 e. The third-order valence-electron chi connectivity index (χ3n) is 8.63. The number of phosphoric acid groups is 1. The van der Waals surface area contributed by atoms with E-state index in [1.165, 1.54) is 103 Å². The quantitative estimate of drug-likeness (QED) is 0.0246. The molecule has 0 radical (unpaired) electrons. The van der Waals surface area contributed by atoms with Gasteiger partial charge in [0.1, 0.15) is 6.10 Å². The molecule has 0 aromatic rings. The van der Waals surface area contributed by atoms with Crippen LogP contribution >= 0.6 is 7.82 Å². The van der Waals surface area contributed by atoms with Gasteiger partial charge in [-0.2, -0.15) is 0 Å². The molecule has 48 heavy (non-hydrogen) atoms. The van der Waals surface area contributed by atoms with Gasteiger partial charge in [0.25, 0.3) is 0 Å². The fraction of sp³-hybridized carbons (Fsp3) is 0.868. The molecule has 4 atom stereocenters. The number of allylic oxidation sites excluding steroid dienone is 3. The summed E-state index contributed by atoms with van der Waals surface area (Å²) in [4.78, 5) is 22.7. The maximum atomic E-state index is 12.8. The second-order valence-corrected chi connectivity index (χ2v) is 14.7. The third-order valence-corrected chi connectivity index (χ3v) is 9.61. The van der Waals surface area contributed by atoms with Gasteiger partial charge in [0.05, 0.1) is 25.4 Å². The molecular weight excluding hydrogens is 627 g/mol. The highest BCUT2D eigenvalue weighted by Crippen LogP contribution is 2.43. The Morgan fingerprint density at radius 2 is 1.12 bits per heavy atom. The van der Waals surface area contributed by atoms with Crippen molar-refractivity contribution < 1.29 is 33.5 Å². The zero-order chi connectivity index (χ0) is 35.6. The number of carbonyl (C=O) groups is 1. The maximum Gasteiger partial charge on any atom is 0.472 e. The number of nitrogens with two attached hydrogens (primary N) is 1. The van der Waals surface area contributed by atoms with Gasteiger partial charge < -0.3 is 26.2 Å². The lowest BCUT2D eigenvalue weighted by molar-refractivity contribution is -0.131. The highest BCUT2D eigenvalue weighted by molar-refractivity contribution is 7.47. The average Bonchev–Trinajstić information content (AvgIpc) is 3.07. The molecule has 0 aliphatic carbocycles. The minimum atomic E-state index is -4.41. The minimum Gasteiger partial charge on any atom is -0.387 e. The first kappa shape index (κ1) is 46.9. The van der Waals surface area contributed by atoms with Crippen molar-refractivity contribution in [2.45, 2.75) is 193 Å². The van der Waals surface area contributed by atoms with Crippen LogP contribution in [-0.4, -0.2) is 59.0 Å². The van der Waals surface area contributed by atoms with Gasteiger partial charge in [-0.25, -0.2) is 4.57 Å². The van der Waals surface area contributed by atoms with Crippen LogP contribution in [0, 0.1) is 0 Å². The first-order chi connectivity index (χ1) is 23.3. The molecule has 9 nitrogen and oxygen atoms in total. The number of nitrogens with one attached hydrogen (secondary N) is 1. The van der Waals surface area contributed by atoms with Crippen LogP contribution in [0.15, 0.2) is 24.3 Å². The molecule has 10 heteroatoms. The molecule has 0 saturated heterocycles. The van der Waals surface area contributed by atoms with E-state index in [1.54, 1.807) is 6.08 Å². The van der Waals surface area contributed by atoms with Crippen LogP contribution < -0.4 is 11.1 Å². The molecule has 0 rings (SSSR count). The Morgan fingerprint density at radius 1 is 0.688 bits per heavy atom. The zero-order valence-corrected chi connectivity index (χ0v) is 31.7. The second-order valence-electron chi connectivity index (χ2n) is 13.3. The summed E-state index contributed by atoms with van der Waals surface area (Å²) in [5.41, 5.74) is 5.34. The fourth-order valence-electron chi connectivity index (χ4n) is 5.54. The van der Waals surface area contributed by atoms with Crippen LogP contribution in [0.1, 0.15) is 174 Å². The Labute approximate surface area is 294 Å². The van der Waals surface area contributed by atoms with Crippen molar-refractivity contribution in [1.82, 2.24) is 5.32 Å². The number of hydrogen-bond donors (Lipinski definition) is 5. The Balaban J connectivity index is 4.40. The number of phosphoric ester groups is 1. The molecule has 0 bridgehead atoms. The van der Waals surface area contributed by atoms with E-state index in [-0.39, 0.29) is 13.2 Å². The summed E-state index contributed by atoms with van der Waals surface area (Å²) < 4.78 is 22.0. The van der Waals surface area contributed by atoms with Crippen LogP contribution in [0.4, 0.5) is 0 Å². The fourth-order valence-corrected chi connectivity index (χ4v) is 6.30. The molecule has 284 valence electrons. The number of aliphatic hydroxyl groups is 2. The lowest BCUT2D eigenvalue weighted by Gasteiger charge is -2.24. The summed E-state index contributed by atoms with van der Waals surface area (Å²) in [7, 11) is -4.41. The zero-order valence-electron chi connectivity index (χ0n) is 30.8. The van der Waals surface area contributed by atoms with E-state index in [2.05, 4.69) is 31.3 Å². The lowest BCUT2D eigenvalue weighted by atomic mass is 10.0. The summed E-state index contributed by atoms with van der Waals surface area (Å²) in [5, 5.41) is 23.9. The van der Waals surface area contributed by atoms with E-state index >= 15 is 0 Å². The number of rotatable bonds is 36. The summed E-state index contributed by atoms with van der Waals surface area (Å²) >= 11 is 0. The molecule has 1 amide bonds. The van der Waals surface area contributed by atoms with Gasteiger partial charge in [-0.15, -0.1) is 0 Å². The molecule has 0 spiro atoms. The SMILES string of the molecule is CCCCCCCC/C=C\CCCCCCCCC(O)C(=O)N[C@@H](COP(=O)(O)OCCN)[C@H](O)/C=C/CCCCCCCCCCC. The molecule has 0 fully saturated rings. The normalized spacial score (nSPS) is 15.2.